The van der Waals surface area contributed by atoms with Gasteiger partial charge in [0.1, 0.15) is 6.29 Å². The Bertz CT molecular complexity index is 256. The summed E-state index contributed by atoms with van der Waals surface area (Å²) < 4.78 is 0. The maximum Gasteiger partial charge on any atom is 0.235 e. The maximum atomic E-state index is 11.4. The number of aldehydes is 1. The van der Waals surface area contributed by atoms with E-state index >= 15 is 0 Å². The maximum absolute atomic E-state index is 11.4. The fraction of sp³-hybridized carbons (Fsp3) is 0.818. The molecule has 17 heavy (non-hydrogen) atoms. The first-order valence-corrected chi connectivity index (χ1v) is 5.73. The molecule has 0 radical (unpaired) electrons. The van der Waals surface area contributed by atoms with Gasteiger partial charge in [-0.2, -0.15) is 0 Å². The van der Waals surface area contributed by atoms with Crippen molar-refractivity contribution in [3.63, 3.8) is 0 Å². The van der Waals surface area contributed by atoms with E-state index in [2.05, 4.69) is 0 Å². The molecule has 0 aromatic heterocycles. The van der Waals surface area contributed by atoms with Gasteiger partial charge in [-0.25, -0.2) is 0 Å². The van der Waals surface area contributed by atoms with Gasteiger partial charge >= 0.3 is 0 Å². The number of nitrogens with two attached hydrogens (primary N) is 2. The topological polar surface area (TPSA) is 92.7 Å². The molecule has 0 aliphatic rings. The lowest BCUT2D eigenvalue weighted by Crippen LogP contribution is -2.51. The molecule has 1 amide bonds. The van der Waals surface area contributed by atoms with Crippen molar-refractivity contribution in [1.82, 2.24) is 9.91 Å². The number of hydrogen-bond acceptors (Lipinski definition) is 5. The molecule has 0 fully saturated rings. The average molecular weight is 244 g/mol. The lowest BCUT2D eigenvalue weighted by molar-refractivity contribution is -0.126. The quantitative estimate of drug-likeness (QED) is 0.331. The van der Waals surface area contributed by atoms with Crippen LogP contribution in [0.1, 0.15) is 20.3 Å². The Balaban J connectivity index is 4.64. The van der Waals surface area contributed by atoms with E-state index in [-0.39, 0.29) is 12.0 Å². The van der Waals surface area contributed by atoms with Crippen LogP contribution in [0.2, 0.25) is 0 Å². The van der Waals surface area contributed by atoms with Crippen molar-refractivity contribution in [1.29, 1.82) is 0 Å². The van der Waals surface area contributed by atoms with Crippen molar-refractivity contribution in [3.8, 4) is 0 Å². The van der Waals surface area contributed by atoms with E-state index in [1.165, 1.54) is 5.01 Å². The fourth-order valence-electron chi connectivity index (χ4n) is 1.91. The Morgan fingerprint density at radius 2 is 1.88 bits per heavy atom. The van der Waals surface area contributed by atoms with E-state index in [4.69, 9.17) is 11.6 Å². The zero-order valence-corrected chi connectivity index (χ0v) is 11.1. The monoisotopic (exact) mass is 244 g/mol. The second-order valence-electron chi connectivity index (χ2n) is 4.73. The minimum atomic E-state index is -0.437. The van der Waals surface area contributed by atoms with Crippen LogP contribution in [0.4, 0.5) is 0 Å². The van der Waals surface area contributed by atoms with Crippen molar-refractivity contribution in [2.75, 3.05) is 20.6 Å². The molecule has 0 saturated heterocycles. The smallest absolute Gasteiger partial charge is 0.235 e. The standard InChI is InChI=1S/C11H24N4O2/c1-8(2)10(11(12)17)15(4)9(7-16)5-6-14(3)13/h7-10H,5-6,13H2,1-4H3,(H2,12,17). The van der Waals surface area contributed by atoms with Gasteiger partial charge in [0.2, 0.25) is 5.91 Å². The summed E-state index contributed by atoms with van der Waals surface area (Å²) in [5, 5.41) is 1.51. The zero-order valence-electron chi connectivity index (χ0n) is 11.1. The highest BCUT2D eigenvalue weighted by molar-refractivity contribution is 5.80. The lowest BCUT2D eigenvalue weighted by Gasteiger charge is -2.33. The number of carbonyl (C=O) groups is 2. The third kappa shape index (κ3) is 5.25. The minimum Gasteiger partial charge on any atom is -0.368 e. The van der Waals surface area contributed by atoms with E-state index in [1.54, 1.807) is 19.0 Å². The van der Waals surface area contributed by atoms with Crippen LogP contribution in [0.15, 0.2) is 0 Å². The number of hydrazine groups is 1. The summed E-state index contributed by atoms with van der Waals surface area (Å²) in [6, 6.07) is -0.783. The van der Waals surface area contributed by atoms with Crippen molar-refractivity contribution >= 4 is 12.2 Å². The molecule has 4 N–H and O–H groups in total. The first kappa shape index (κ1) is 16.0. The molecule has 100 valence electrons. The Labute approximate surface area is 103 Å². The van der Waals surface area contributed by atoms with Crippen molar-refractivity contribution in [3.05, 3.63) is 0 Å². The predicted octanol–water partition coefficient (Wildman–Crippen LogP) is -0.809. The van der Waals surface area contributed by atoms with Gasteiger partial charge in [0.05, 0.1) is 12.1 Å². The molecule has 6 nitrogen and oxygen atoms in total. The molecule has 0 aromatic rings. The van der Waals surface area contributed by atoms with E-state index in [0.717, 1.165) is 6.29 Å². The van der Waals surface area contributed by atoms with Gasteiger partial charge < -0.3 is 10.5 Å². The molecule has 0 rings (SSSR count). The van der Waals surface area contributed by atoms with E-state index in [1.807, 2.05) is 13.8 Å². The van der Waals surface area contributed by atoms with Gasteiger partial charge in [-0.15, -0.1) is 0 Å². The molecule has 0 bridgehead atoms. The number of nitrogens with zero attached hydrogens (tertiary/aromatic N) is 2. The van der Waals surface area contributed by atoms with Gasteiger partial charge in [0.15, 0.2) is 0 Å². The van der Waals surface area contributed by atoms with Crippen LogP contribution in [-0.2, 0) is 9.59 Å². The lowest BCUT2D eigenvalue weighted by atomic mass is 10.00. The van der Waals surface area contributed by atoms with Crippen LogP contribution in [0, 0.1) is 5.92 Å². The Hall–Kier alpha value is -0.980. The minimum absolute atomic E-state index is 0.0653. The SMILES string of the molecule is CC(C)C(C(N)=O)N(C)C(C=O)CCN(C)N. The van der Waals surface area contributed by atoms with Crippen LogP contribution >= 0.6 is 0 Å². The molecule has 0 saturated carbocycles. The summed E-state index contributed by atoms with van der Waals surface area (Å²) in [5.41, 5.74) is 5.36. The highest BCUT2D eigenvalue weighted by atomic mass is 16.1. The second kappa shape index (κ2) is 7.37. The highest BCUT2D eigenvalue weighted by Crippen LogP contribution is 2.13. The molecule has 0 aliphatic carbocycles. The number of likely N-dealkylation sites (N-methyl/N-ethyl adjacent to an activating group) is 1. The fourth-order valence-corrected chi connectivity index (χ4v) is 1.91. The van der Waals surface area contributed by atoms with Gasteiger partial charge in [0.25, 0.3) is 0 Å². The highest BCUT2D eigenvalue weighted by Gasteiger charge is 2.29. The summed E-state index contributed by atoms with van der Waals surface area (Å²) in [6.07, 6.45) is 1.41. The number of primary amides is 1. The average Bonchev–Trinajstić information content (AvgIpc) is 2.16. The third-order valence-corrected chi connectivity index (χ3v) is 2.82. The van der Waals surface area contributed by atoms with E-state index in [0.29, 0.717) is 13.0 Å². The number of amides is 1. The molecular formula is C11H24N4O2. The van der Waals surface area contributed by atoms with Crippen LogP contribution in [0.5, 0.6) is 0 Å². The molecule has 0 aromatic carbocycles. The molecule has 2 unspecified atom stereocenters. The Morgan fingerprint density at radius 1 is 1.35 bits per heavy atom. The molecular weight excluding hydrogens is 220 g/mol. The molecule has 0 aliphatic heterocycles. The summed E-state index contributed by atoms with van der Waals surface area (Å²) >= 11 is 0. The van der Waals surface area contributed by atoms with Crippen molar-refractivity contribution < 1.29 is 9.59 Å². The van der Waals surface area contributed by atoms with Crippen molar-refractivity contribution in [2.24, 2.45) is 17.5 Å². The van der Waals surface area contributed by atoms with Gasteiger partial charge in [-0.3, -0.25) is 20.5 Å². The Kier molecular flexibility index (Phi) is 6.94. The first-order chi connectivity index (χ1) is 7.81. The molecule has 2 atom stereocenters. The van der Waals surface area contributed by atoms with E-state index in [9.17, 15) is 9.59 Å². The number of rotatable bonds is 8. The Morgan fingerprint density at radius 3 is 2.18 bits per heavy atom. The summed E-state index contributed by atoms with van der Waals surface area (Å²) in [5.74, 6) is 5.16. The van der Waals surface area contributed by atoms with Gasteiger partial charge in [-0.05, 0) is 19.4 Å². The number of hydrogen-bond donors (Lipinski definition) is 2. The number of carbonyl (C=O) groups excluding carboxylic acids is 2. The molecule has 0 spiro atoms. The summed E-state index contributed by atoms with van der Waals surface area (Å²) in [4.78, 5) is 24.2. The van der Waals surface area contributed by atoms with Crippen molar-refractivity contribution in [2.45, 2.75) is 32.4 Å². The summed E-state index contributed by atoms with van der Waals surface area (Å²) in [6.45, 7) is 4.39. The first-order valence-electron chi connectivity index (χ1n) is 5.73. The largest absolute Gasteiger partial charge is 0.368 e. The zero-order chi connectivity index (χ0) is 13.6. The predicted molar refractivity (Wildman–Crippen MR) is 66.9 cm³/mol. The van der Waals surface area contributed by atoms with Crippen LogP contribution < -0.4 is 11.6 Å². The third-order valence-electron chi connectivity index (χ3n) is 2.82. The van der Waals surface area contributed by atoms with Crippen LogP contribution in [0.25, 0.3) is 0 Å². The summed E-state index contributed by atoms with van der Waals surface area (Å²) in [7, 11) is 3.47. The van der Waals surface area contributed by atoms with Gasteiger partial charge in [0, 0.05) is 13.6 Å². The van der Waals surface area contributed by atoms with Crippen LogP contribution in [0.3, 0.4) is 0 Å². The molecule has 0 heterocycles. The van der Waals surface area contributed by atoms with Gasteiger partial charge in [-0.1, -0.05) is 13.8 Å². The molecule has 6 heteroatoms. The second-order valence-corrected chi connectivity index (χ2v) is 4.73. The normalized spacial score (nSPS) is 15.3. The van der Waals surface area contributed by atoms with Crippen LogP contribution in [-0.4, -0.2) is 54.8 Å². The van der Waals surface area contributed by atoms with E-state index < -0.39 is 11.9 Å².